The molecular formula is C14H18N2. The van der Waals surface area contributed by atoms with Gasteiger partial charge in [-0.3, -0.25) is 0 Å². The van der Waals surface area contributed by atoms with E-state index < -0.39 is 0 Å². The van der Waals surface area contributed by atoms with Crippen molar-refractivity contribution in [2.24, 2.45) is 18.2 Å². The summed E-state index contributed by atoms with van der Waals surface area (Å²) >= 11 is 0. The number of aromatic nitrogens is 1. The fraction of sp³-hybridized carbons (Fsp3) is 0.429. The lowest BCUT2D eigenvalue weighted by Gasteiger charge is -2.13. The van der Waals surface area contributed by atoms with Gasteiger partial charge < -0.3 is 10.3 Å². The summed E-state index contributed by atoms with van der Waals surface area (Å²) in [4.78, 5) is 0. The van der Waals surface area contributed by atoms with E-state index >= 15 is 0 Å². The van der Waals surface area contributed by atoms with Crippen molar-refractivity contribution in [1.82, 2.24) is 4.57 Å². The van der Waals surface area contributed by atoms with Gasteiger partial charge in [0.1, 0.15) is 0 Å². The van der Waals surface area contributed by atoms with Gasteiger partial charge in [0, 0.05) is 13.2 Å². The molecule has 2 nitrogen and oxygen atoms in total. The normalized spacial score (nSPS) is 17.9. The van der Waals surface area contributed by atoms with E-state index in [1.165, 1.54) is 29.3 Å². The van der Waals surface area contributed by atoms with Crippen LogP contribution in [-0.4, -0.2) is 11.1 Å². The minimum absolute atomic E-state index is 0.415. The third kappa shape index (κ3) is 1.45. The first kappa shape index (κ1) is 9.91. The van der Waals surface area contributed by atoms with Gasteiger partial charge in [-0.05, 0) is 48.2 Å². The second kappa shape index (κ2) is 3.36. The van der Waals surface area contributed by atoms with Crippen molar-refractivity contribution in [2.75, 3.05) is 6.54 Å². The third-order valence-electron chi connectivity index (χ3n) is 3.94. The highest BCUT2D eigenvalue weighted by atomic mass is 14.9. The van der Waals surface area contributed by atoms with Crippen molar-refractivity contribution in [3.8, 4) is 0 Å². The smallest absolute Gasteiger partial charge is 0.0510 e. The monoisotopic (exact) mass is 214 g/mol. The first-order valence-electron chi connectivity index (χ1n) is 5.97. The van der Waals surface area contributed by atoms with Gasteiger partial charge in [0.05, 0.1) is 5.52 Å². The van der Waals surface area contributed by atoms with Crippen molar-refractivity contribution >= 4 is 10.9 Å². The molecule has 1 fully saturated rings. The van der Waals surface area contributed by atoms with Crippen LogP contribution in [0.25, 0.3) is 10.9 Å². The summed E-state index contributed by atoms with van der Waals surface area (Å²) in [6, 6.07) is 8.77. The molecule has 0 radical (unpaired) electrons. The van der Waals surface area contributed by atoms with Gasteiger partial charge in [0.15, 0.2) is 0 Å². The number of nitrogens with zero attached hydrogens (tertiary/aromatic N) is 1. The Labute approximate surface area is 96.1 Å². The Bertz CT molecular complexity index is 521. The van der Waals surface area contributed by atoms with E-state index in [9.17, 15) is 0 Å². The lowest BCUT2D eigenvalue weighted by Crippen LogP contribution is -2.18. The van der Waals surface area contributed by atoms with Crippen LogP contribution in [0.1, 0.15) is 18.4 Å². The van der Waals surface area contributed by atoms with E-state index in [4.69, 9.17) is 5.73 Å². The highest BCUT2D eigenvalue weighted by Crippen LogP contribution is 2.48. The summed E-state index contributed by atoms with van der Waals surface area (Å²) < 4.78 is 2.22. The van der Waals surface area contributed by atoms with Crippen LogP contribution in [0.4, 0.5) is 0 Å². The molecule has 0 spiro atoms. The molecule has 1 aliphatic carbocycles. The fourth-order valence-corrected chi connectivity index (χ4v) is 2.62. The highest BCUT2D eigenvalue weighted by molar-refractivity contribution is 5.83. The van der Waals surface area contributed by atoms with Crippen LogP contribution in [0.5, 0.6) is 0 Å². The Hall–Kier alpha value is -1.28. The van der Waals surface area contributed by atoms with Crippen LogP contribution in [0, 0.1) is 5.41 Å². The molecule has 16 heavy (non-hydrogen) atoms. The first-order chi connectivity index (χ1) is 7.74. The largest absolute Gasteiger partial charge is 0.350 e. The molecule has 0 atom stereocenters. The number of para-hydroxylation sites is 1. The maximum atomic E-state index is 5.87. The van der Waals surface area contributed by atoms with Gasteiger partial charge in [-0.25, -0.2) is 0 Å². The zero-order chi connectivity index (χ0) is 11.2. The Morgan fingerprint density at radius 1 is 1.31 bits per heavy atom. The van der Waals surface area contributed by atoms with E-state index in [1.807, 2.05) is 0 Å². The predicted octanol–water partition coefficient (Wildman–Crippen LogP) is 2.46. The van der Waals surface area contributed by atoms with Crippen LogP contribution in [0.2, 0.25) is 0 Å². The summed E-state index contributed by atoms with van der Waals surface area (Å²) in [5.74, 6) is 0. The number of nitrogens with two attached hydrogens (primary N) is 1. The molecule has 2 N–H and O–H groups in total. The summed E-state index contributed by atoms with van der Waals surface area (Å²) in [7, 11) is 2.12. The number of hydrogen-bond donors (Lipinski definition) is 1. The van der Waals surface area contributed by atoms with Crippen molar-refractivity contribution in [3.63, 3.8) is 0 Å². The zero-order valence-corrected chi connectivity index (χ0v) is 9.74. The summed E-state index contributed by atoms with van der Waals surface area (Å²) in [6.45, 7) is 0.827. The minimum atomic E-state index is 0.415. The maximum Gasteiger partial charge on any atom is 0.0510 e. The highest BCUT2D eigenvalue weighted by Gasteiger charge is 2.41. The van der Waals surface area contributed by atoms with E-state index in [2.05, 4.69) is 42.1 Å². The molecule has 1 aliphatic rings. The van der Waals surface area contributed by atoms with Crippen molar-refractivity contribution < 1.29 is 0 Å². The van der Waals surface area contributed by atoms with Crippen molar-refractivity contribution in [3.05, 3.63) is 36.0 Å². The average molecular weight is 214 g/mol. The molecule has 0 aliphatic heterocycles. The van der Waals surface area contributed by atoms with E-state index in [1.54, 1.807) is 0 Å². The lowest BCUT2D eigenvalue weighted by molar-refractivity contribution is 0.522. The molecule has 0 amide bonds. The number of aryl methyl sites for hydroxylation is 1. The molecule has 2 aromatic rings. The first-order valence-corrected chi connectivity index (χ1v) is 5.97. The minimum Gasteiger partial charge on any atom is -0.350 e. The molecule has 2 heteroatoms. The Kier molecular flexibility index (Phi) is 2.08. The summed E-state index contributed by atoms with van der Waals surface area (Å²) in [5, 5.41) is 1.34. The van der Waals surface area contributed by atoms with Gasteiger partial charge in [-0.15, -0.1) is 0 Å². The van der Waals surface area contributed by atoms with Crippen LogP contribution in [-0.2, 0) is 13.5 Å². The van der Waals surface area contributed by atoms with Gasteiger partial charge in [0.25, 0.3) is 0 Å². The van der Waals surface area contributed by atoms with E-state index in [0.717, 1.165) is 13.0 Å². The second-order valence-corrected chi connectivity index (χ2v) is 5.16. The molecule has 1 saturated carbocycles. The van der Waals surface area contributed by atoms with Gasteiger partial charge >= 0.3 is 0 Å². The SMILES string of the molecule is Cn1ccc2cccc(CC3(CN)CC3)c21. The third-order valence-corrected chi connectivity index (χ3v) is 3.94. The molecule has 3 rings (SSSR count). The number of fused-ring (bicyclic) bond motifs is 1. The Morgan fingerprint density at radius 3 is 2.81 bits per heavy atom. The van der Waals surface area contributed by atoms with E-state index in [0.29, 0.717) is 5.41 Å². The van der Waals surface area contributed by atoms with Crippen molar-refractivity contribution in [1.29, 1.82) is 0 Å². The maximum absolute atomic E-state index is 5.87. The predicted molar refractivity (Wildman–Crippen MR) is 67.3 cm³/mol. The van der Waals surface area contributed by atoms with Gasteiger partial charge in [-0.2, -0.15) is 0 Å². The number of benzene rings is 1. The lowest BCUT2D eigenvalue weighted by atomic mass is 9.95. The van der Waals surface area contributed by atoms with E-state index in [-0.39, 0.29) is 0 Å². The molecule has 1 heterocycles. The molecule has 1 aromatic carbocycles. The standard InChI is InChI=1S/C14H18N2/c1-16-8-5-11-3-2-4-12(13(11)16)9-14(10-15)6-7-14/h2-5,8H,6-7,9-10,15H2,1H3. The van der Waals surface area contributed by atoms with Crippen molar-refractivity contribution in [2.45, 2.75) is 19.3 Å². The van der Waals surface area contributed by atoms with Crippen LogP contribution >= 0.6 is 0 Å². The topological polar surface area (TPSA) is 30.9 Å². The Balaban J connectivity index is 2.06. The van der Waals surface area contributed by atoms with Crippen LogP contribution < -0.4 is 5.73 Å². The molecule has 0 saturated heterocycles. The molecule has 0 bridgehead atoms. The quantitative estimate of drug-likeness (QED) is 0.836. The van der Waals surface area contributed by atoms with Crippen LogP contribution in [0.3, 0.4) is 0 Å². The van der Waals surface area contributed by atoms with Crippen LogP contribution in [0.15, 0.2) is 30.5 Å². The zero-order valence-electron chi connectivity index (χ0n) is 9.74. The van der Waals surface area contributed by atoms with Gasteiger partial charge in [-0.1, -0.05) is 18.2 Å². The molecule has 84 valence electrons. The molecule has 0 unspecified atom stereocenters. The Morgan fingerprint density at radius 2 is 2.12 bits per heavy atom. The summed E-state index contributed by atoms with van der Waals surface area (Å²) in [5.41, 5.74) is 9.11. The number of rotatable bonds is 3. The number of hydrogen-bond acceptors (Lipinski definition) is 1. The fourth-order valence-electron chi connectivity index (χ4n) is 2.62. The average Bonchev–Trinajstić information content (AvgIpc) is 2.97. The van der Waals surface area contributed by atoms with Gasteiger partial charge in [0.2, 0.25) is 0 Å². The second-order valence-electron chi connectivity index (χ2n) is 5.16. The molecular weight excluding hydrogens is 196 g/mol. The molecule has 1 aromatic heterocycles. The summed E-state index contributed by atoms with van der Waals surface area (Å²) in [6.07, 6.45) is 5.86.